The molecular formula is C12H20N4. The lowest BCUT2D eigenvalue weighted by Gasteiger charge is -2.26. The van der Waals surface area contributed by atoms with Crippen LogP contribution in [0.3, 0.4) is 0 Å². The normalized spacial score (nSPS) is 17.5. The van der Waals surface area contributed by atoms with E-state index in [1.807, 2.05) is 6.20 Å². The molecule has 0 amide bonds. The molecule has 4 nitrogen and oxygen atoms in total. The molecule has 0 saturated carbocycles. The molecule has 1 aromatic rings. The van der Waals surface area contributed by atoms with E-state index >= 15 is 0 Å². The lowest BCUT2D eigenvalue weighted by Crippen LogP contribution is -2.35. The largest absolute Gasteiger partial charge is 0.310 e. The molecule has 0 radical (unpaired) electrons. The molecule has 0 aliphatic carbocycles. The average molecular weight is 220 g/mol. The minimum absolute atomic E-state index is 0.821. The summed E-state index contributed by atoms with van der Waals surface area (Å²) in [6, 6.07) is 0. The van der Waals surface area contributed by atoms with Gasteiger partial charge in [0, 0.05) is 38.2 Å². The summed E-state index contributed by atoms with van der Waals surface area (Å²) in [5.41, 5.74) is 1.01. The van der Waals surface area contributed by atoms with Crippen LogP contribution < -0.4 is 5.32 Å². The number of hydrogen-bond donors (Lipinski definition) is 1. The van der Waals surface area contributed by atoms with Crippen LogP contribution in [-0.2, 0) is 6.54 Å². The van der Waals surface area contributed by atoms with E-state index in [0.29, 0.717) is 0 Å². The van der Waals surface area contributed by atoms with Gasteiger partial charge in [-0.05, 0) is 25.9 Å². The number of piperidine rings is 1. The molecule has 0 atom stereocenters. The van der Waals surface area contributed by atoms with Crippen LogP contribution in [0.2, 0.25) is 0 Å². The Morgan fingerprint density at radius 2 is 2.06 bits per heavy atom. The quantitative estimate of drug-likeness (QED) is 0.753. The summed E-state index contributed by atoms with van der Waals surface area (Å²) in [5.74, 6) is 0. The van der Waals surface area contributed by atoms with E-state index in [1.54, 1.807) is 12.4 Å². The monoisotopic (exact) mass is 220 g/mol. The Balaban J connectivity index is 1.58. The van der Waals surface area contributed by atoms with Gasteiger partial charge in [0.15, 0.2) is 0 Å². The van der Waals surface area contributed by atoms with E-state index in [1.165, 1.54) is 32.4 Å². The van der Waals surface area contributed by atoms with Gasteiger partial charge in [-0.2, -0.15) is 0 Å². The van der Waals surface area contributed by atoms with Gasteiger partial charge in [0.1, 0.15) is 0 Å². The van der Waals surface area contributed by atoms with Crippen LogP contribution in [0.5, 0.6) is 0 Å². The Labute approximate surface area is 97.1 Å². The van der Waals surface area contributed by atoms with Crippen LogP contribution in [0.4, 0.5) is 0 Å². The molecule has 1 aromatic heterocycles. The fourth-order valence-corrected chi connectivity index (χ4v) is 2.06. The summed E-state index contributed by atoms with van der Waals surface area (Å²) < 4.78 is 0. The smallest absolute Gasteiger partial charge is 0.0724 e. The van der Waals surface area contributed by atoms with Crippen molar-refractivity contribution >= 4 is 0 Å². The van der Waals surface area contributed by atoms with Crippen molar-refractivity contribution in [1.29, 1.82) is 0 Å². The fraction of sp³-hybridized carbons (Fsp3) is 0.667. The zero-order chi connectivity index (χ0) is 11.1. The standard InChI is InChI=1S/C12H20N4/c1-2-7-16(8-3-1)9-6-14-11-12-10-13-4-5-15-12/h4-5,10,14H,1-3,6-9,11H2. The predicted molar refractivity (Wildman–Crippen MR) is 64.0 cm³/mol. The molecule has 1 aliphatic rings. The highest BCUT2D eigenvalue weighted by atomic mass is 15.1. The molecule has 0 bridgehead atoms. The lowest BCUT2D eigenvalue weighted by molar-refractivity contribution is 0.229. The highest BCUT2D eigenvalue weighted by Crippen LogP contribution is 2.07. The second kappa shape index (κ2) is 6.55. The van der Waals surface area contributed by atoms with Gasteiger partial charge in [-0.3, -0.25) is 9.97 Å². The highest BCUT2D eigenvalue weighted by Gasteiger charge is 2.08. The van der Waals surface area contributed by atoms with Gasteiger partial charge < -0.3 is 10.2 Å². The zero-order valence-corrected chi connectivity index (χ0v) is 9.73. The highest BCUT2D eigenvalue weighted by molar-refractivity contribution is 4.93. The third-order valence-corrected chi connectivity index (χ3v) is 2.98. The van der Waals surface area contributed by atoms with Crippen LogP contribution in [0.15, 0.2) is 18.6 Å². The number of likely N-dealkylation sites (tertiary alicyclic amines) is 1. The molecule has 0 unspecified atom stereocenters. The first-order valence-electron chi connectivity index (χ1n) is 6.13. The number of hydrogen-bond acceptors (Lipinski definition) is 4. The van der Waals surface area contributed by atoms with Crippen LogP contribution in [-0.4, -0.2) is 41.0 Å². The number of aromatic nitrogens is 2. The summed E-state index contributed by atoms with van der Waals surface area (Å²) >= 11 is 0. The van der Waals surface area contributed by atoms with E-state index in [4.69, 9.17) is 0 Å². The van der Waals surface area contributed by atoms with Crippen molar-refractivity contribution < 1.29 is 0 Å². The van der Waals surface area contributed by atoms with Crippen molar-refractivity contribution in [3.63, 3.8) is 0 Å². The molecule has 1 fully saturated rings. The predicted octanol–water partition coefficient (Wildman–Crippen LogP) is 1.05. The first-order chi connectivity index (χ1) is 7.95. The zero-order valence-electron chi connectivity index (χ0n) is 9.73. The molecule has 2 rings (SSSR count). The van der Waals surface area contributed by atoms with Gasteiger partial charge in [-0.15, -0.1) is 0 Å². The van der Waals surface area contributed by atoms with E-state index < -0.39 is 0 Å². The topological polar surface area (TPSA) is 41.1 Å². The summed E-state index contributed by atoms with van der Waals surface area (Å²) in [4.78, 5) is 10.8. The van der Waals surface area contributed by atoms with Gasteiger partial charge >= 0.3 is 0 Å². The Bertz CT molecular complexity index is 282. The van der Waals surface area contributed by atoms with Crippen molar-refractivity contribution in [2.45, 2.75) is 25.8 Å². The number of nitrogens with zero attached hydrogens (tertiary/aromatic N) is 3. The summed E-state index contributed by atoms with van der Waals surface area (Å²) in [6.45, 7) is 5.55. The molecule has 4 heteroatoms. The van der Waals surface area contributed by atoms with Crippen LogP contribution in [0.1, 0.15) is 25.0 Å². The van der Waals surface area contributed by atoms with Gasteiger partial charge in [0.2, 0.25) is 0 Å². The van der Waals surface area contributed by atoms with Crippen LogP contribution in [0, 0.1) is 0 Å². The van der Waals surface area contributed by atoms with Crippen molar-refractivity contribution in [3.8, 4) is 0 Å². The second-order valence-corrected chi connectivity index (χ2v) is 4.28. The minimum atomic E-state index is 0.821. The van der Waals surface area contributed by atoms with E-state index in [9.17, 15) is 0 Å². The third-order valence-electron chi connectivity index (χ3n) is 2.98. The maximum Gasteiger partial charge on any atom is 0.0724 e. The SMILES string of the molecule is c1cnc(CNCCN2CCCCC2)cn1. The molecule has 2 heterocycles. The molecule has 0 spiro atoms. The Kier molecular flexibility index (Phi) is 4.70. The first kappa shape index (κ1) is 11.5. The van der Waals surface area contributed by atoms with E-state index in [-0.39, 0.29) is 0 Å². The molecule has 88 valence electrons. The Morgan fingerprint density at radius 3 is 2.81 bits per heavy atom. The van der Waals surface area contributed by atoms with Gasteiger partial charge in [0.25, 0.3) is 0 Å². The second-order valence-electron chi connectivity index (χ2n) is 4.28. The molecule has 1 aliphatic heterocycles. The number of nitrogens with one attached hydrogen (secondary N) is 1. The first-order valence-corrected chi connectivity index (χ1v) is 6.13. The van der Waals surface area contributed by atoms with Gasteiger partial charge in [-0.1, -0.05) is 6.42 Å². The molecule has 0 aromatic carbocycles. The van der Waals surface area contributed by atoms with Crippen molar-refractivity contribution in [2.75, 3.05) is 26.2 Å². The molecular weight excluding hydrogens is 200 g/mol. The Hall–Kier alpha value is -1.00. The maximum absolute atomic E-state index is 4.22. The van der Waals surface area contributed by atoms with Crippen molar-refractivity contribution in [2.24, 2.45) is 0 Å². The summed E-state index contributed by atoms with van der Waals surface area (Å²) in [6.07, 6.45) is 9.39. The average Bonchev–Trinajstić information content (AvgIpc) is 2.37. The van der Waals surface area contributed by atoms with Gasteiger partial charge in [0.05, 0.1) is 5.69 Å². The summed E-state index contributed by atoms with van der Waals surface area (Å²) in [7, 11) is 0. The Morgan fingerprint density at radius 1 is 1.19 bits per heavy atom. The molecule has 1 saturated heterocycles. The fourth-order valence-electron chi connectivity index (χ4n) is 2.06. The number of rotatable bonds is 5. The van der Waals surface area contributed by atoms with Gasteiger partial charge in [-0.25, -0.2) is 0 Å². The van der Waals surface area contributed by atoms with Crippen molar-refractivity contribution in [1.82, 2.24) is 20.2 Å². The van der Waals surface area contributed by atoms with Crippen molar-refractivity contribution in [3.05, 3.63) is 24.3 Å². The van der Waals surface area contributed by atoms with Crippen LogP contribution in [0.25, 0.3) is 0 Å². The third kappa shape index (κ3) is 3.87. The summed E-state index contributed by atoms with van der Waals surface area (Å²) in [5, 5.41) is 3.40. The maximum atomic E-state index is 4.22. The lowest BCUT2D eigenvalue weighted by atomic mass is 10.1. The molecule has 1 N–H and O–H groups in total. The van der Waals surface area contributed by atoms with E-state index in [0.717, 1.165) is 25.3 Å². The molecule has 16 heavy (non-hydrogen) atoms. The van der Waals surface area contributed by atoms with Crippen LogP contribution >= 0.6 is 0 Å². The van der Waals surface area contributed by atoms with E-state index in [2.05, 4.69) is 20.2 Å². The minimum Gasteiger partial charge on any atom is -0.310 e.